The van der Waals surface area contributed by atoms with Gasteiger partial charge in [0.2, 0.25) is 10.0 Å². The molecule has 0 N–H and O–H groups in total. The van der Waals surface area contributed by atoms with Crippen molar-refractivity contribution in [3.05, 3.63) is 107 Å². The second-order valence-electron chi connectivity index (χ2n) is 9.08. The number of carbonyl (C=O) groups is 1. The third-order valence-electron chi connectivity index (χ3n) is 6.70. The molecule has 0 spiro atoms. The van der Waals surface area contributed by atoms with Gasteiger partial charge in [-0.25, -0.2) is 8.42 Å². The molecule has 0 unspecified atom stereocenters. The summed E-state index contributed by atoms with van der Waals surface area (Å²) in [6, 6.07) is 25.1. The molecule has 0 atom stereocenters. The lowest BCUT2D eigenvalue weighted by atomic mass is 10.1. The fourth-order valence-electron chi connectivity index (χ4n) is 4.78. The van der Waals surface area contributed by atoms with Crippen molar-refractivity contribution >= 4 is 21.6 Å². The number of sulfonamides is 1. The number of hydrogen-bond donors (Lipinski definition) is 0. The van der Waals surface area contributed by atoms with Gasteiger partial charge in [-0.2, -0.15) is 9.40 Å². The van der Waals surface area contributed by atoms with Gasteiger partial charge >= 0.3 is 0 Å². The van der Waals surface area contributed by atoms with Crippen LogP contribution in [0.5, 0.6) is 5.75 Å². The molecule has 196 valence electrons. The summed E-state index contributed by atoms with van der Waals surface area (Å²) in [7, 11) is -1.86. The van der Waals surface area contributed by atoms with E-state index >= 15 is 0 Å². The van der Waals surface area contributed by atoms with Crippen LogP contribution in [0.2, 0.25) is 0 Å². The van der Waals surface area contributed by atoms with Crippen molar-refractivity contribution in [3.63, 3.8) is 0 Å². The van der Waals surface area contributed by atoms with Crippen molar-refractivity contribution in [1.29, 1.82) is 0 Å². The highest BCUT2D eigenvalue weighted by molar-refractivity contribution is 7.89. The average Bonchev–Trinajstić information content (AvgIpc) is 3.27. The van der Waals surface area contributed by atoms with Crippen molar-refractivity contribution in [2.24, 2.45) is 7.05 Å². The second-order valence-corrected chi connectivity index (χ2v) is 11.0. The number of benzene rings is 3. The van der Waals surface area contributed by atoms with Crippen LogP contribution >= 0.6 is 0 Å². The number of para-hydroxylation sites is 1. The monoisotopic (exact) mass is 530 g/mol. The smallest absolute Gasteiger partial charge is 0.258 e. The number of ether oxygens (including phenoxy) is 1. The lowest BCUT2D eigenvalue weighted by Gasteiger charge is -2.28. The van der Waals surface area contributed by atoms with Crippen LogP contribution in [0.15, 0.2) is 89.8 Å². The van der Waals surface area contributed by atoms with E-state index in [1.54, 1.807) is 41.3 Å². The molecular weight excluding hydrogens is 500 g/mol. The van der Waals surface area contributed by atoms with Gasteiger partial charge in [0.15, 0.2) is 0 Å². The maximum Gasteiger partial charge on any atom is 0.258 e. The molecule has 1 aromatic heterocycles. The average molecular weight is 531 g/mol. The van der Waals surface area contributed by atoms with Gasteiger partial charge in [-0.1, -0.05) is 36.4 Å². The number of rotatable bonds is 8. The maximum absolute atomic E-state index is 13.6. The number of nitrogens with zero attached hydrogens (tertiary/aromatic N) is 4. The summed E-state index contributed by atoms with van der Waals surface area (Å²) in [6.07, 6.45) is 0.535. The lowest BCUT2D eigenvalue weighted by molar-refractivity contribution is 0.0984. The van der Waals surface area contributed by atoms with Crippen LogP contribution in [-0.4, -0.2) is 41.6 Å². The summed E-state index contributed by atoms with van der Waals surface area (Å²) in [6.45, 7) is 3.16. The predicted molar refractivity (Wildman–Crippen MR) is 146 cm³/mol. The summed E-state index contributed by atoms with van der Waals surface area (Å²) in [4.78, 5) is 15.5. The van der Waals surface area contributed by atoms with Crippen molar-refractivity contribution < 1.29 is 17.9 Å². The molecule has 1 aliphatic heterocycles. The summed E-state index contributed by atoms with van der Waals surface area (Å²) in [5, 5.41) is 4.74. The Kier molecular flexibility index (Phi) is 7.31. The molecule has 0 saturated carbocycles. The Hall–Kier alpha value is -3.95. The van der Waals surface area contributed by atoms with Crippen LogP contribution < -0.4 is 9.64 Å². The summed E-state index contributed by atoms with van der Waals surface area (Å²) in [5.74, 6) is 0.483. The molecule has 1 amide bonds. The summed E-state index contributed by atoms with van der Waals surface area (Å²) < 4.78 is 35.8. The number of aryl methyl sites for hydroxylation is 1. The molecule has 9 heteroatoms. The van der Waals surface area contributed by atoms with Crippen LogP contribution in [-0.2, 0) is 36.6 Å². The Morgan fingerprint density at radius 1 is 0.974 bits per heavy atom. The molecule has 2 heterocycles. The van der Waals surface area contributed by atoms with Crippen LogP contribution in [0, 0.1) is 0 Å². The van der Waals surface area contributed by atoms with E-state index in [1.165, 1.54) is 4.31 Å². The number of amides is 1. The second kappa shape index (κ2) is 10.8. The molecular formula is C29H30N4O4S. The van der Waals surface area contributed by atoms with Gasteiger partial charge < -0.3 is 9.64 Å². The highest BCUT2D eigenvalue weighted by Gasteiger charge is 2.33. The molecule has 1 aliphatic rings. The maximum atomic E-state index is 13.6. The summed E-state index contributed by atoms with van der Waals surface area (Å²) >= 11 is 0. The quantitative estimate of drug-likeness (QED) is 0.337. The van der Waals surface area contributed by atoms with Crippen LogP contribution in [0.3, 0.4) is 0 Å². The first-order chi connectivity index (χ1) is 18.4. The molecule has 0 radical (unpaired) electrons. The molecule has 3 aromatic carbocycles. The minimum absolute atomic E-state index is 0.147. The summed E-state index contributed by atoms with van der Waals surface area (Å²) in [5.41, 5.74) is 3.83. The van der Waals surface area contributed by atoms with Gasteiger partial charge in [-0.05, 0) is 55.5 Å². The van der Waals surface area contributed by atoms with Gasteiger partial charge in [0.1, 0.15) is 5.75 Å². The SMILES string of the molecule is CCOc1ccc(S(=O)(=O)N2CCc3c(c(CN(C(=O)c4ccccc4)c4ccccc4)nn3C)C2)cc1. The fraction of sp³-hybridized carbons (Fsp3) is 0.241. The number of fused-ring (bicyclic) bond motifs is 1. The lowest BCUT2D eigenvalue weighted by Crippen LogP contribution is -2.37. The highest BCUT2D eigenvalue weighted by atomic mass is 32.2. The number of aromatic nitrogens is 2. The largest absolute Gasteiger partial charge is 0.494 e. The third kappa shape index (κ3) is 5.07. The Balaban J connectivity index is 1.46. The molecule has 0 fully saturated rings. The van der Waals surface area contributed by atoms with Gasteiger partial charge in [0.05, 0.1) is 23.7 Å². The van der Waals surface area contributed by atoms with E-state index in [2.05, 4.69) is 0 Å². The topological polar surface area (TPSA) is 84.7 Å². The first kappa shape index (κ1) is 25.7. The standard InChI is InChI=1S/C29H30N4O4S/c1-3-37-24-14-16-25(17-15-24)38(35,36)32-19-18-28-26(20-32)27(30-31(28)2)21-33(23-12-8-5-9-13-23)29(34)22-10-6-4-7-11-22/h4-17H,3,18-21H2,1-2H3. The molecule has 38 heavy (non-hydrogen) atoms. The minimum Gasteiger partial charge on any atom is -0.494 e. The Morgan fingerprint density at radius 3 is 2.29 bits per heavy atom. The van der Waals surface area contributed by atoms with Crippen LogP contribution in [0.4, 0.5) is 5.69 Å². The van der Waals surface area contributed by atoms with E-state index in [9.17, 15) is 13.2 Å². The van der Waals surface area contributed by atoms with E-state index in [1.807, 2.05) is 67.2 Å². The van der Waals surface area contributed by atoms with Crippen LogP contribution in [0.1, 0.15) is 34.2 Å². The van der Waals surface area contributed by atoms with E-state index < -0.39 is 10.0 Å². The number of carbonyl (C=O) groups excluding carboxylic acids is 1. The van der Waals surface area contributed by atoms with E-state index in [0.29, 0.717) is 36.6 Å². The highest BCUT2D eigenvalue weighted by Crippen LogP contribution is 2.30. The van der Waals surface area contributed by atoms with Crippen LogP contribution in [0.25, 0.3) is 0 Å². The van der Waals surface area contributed by atoms with Crippen molar-refractivity contribution in [1.82, 2.24) is 14.1 Å². The van der Waals surface area contributed by atoms with E-state index in [0.717, 1.165) is 16.9 Å². The fourth-order valence-corrected chi connectivity index (χ4v) is 6.18. The first-order valence-electron chi connectivity index (χ1n) is 12.6. The molecule has 0 bridgehead atoms. The minimum atomic E-state index is -3.72. The Labute approximate surface area is 223 Å². The van der Waals surface area contributed by atoms with E-state index in [-0.39, 0.29) is 23.9 Å². The molecule has 0 saturated heterocycles. The van der Waals surface area contributed by atoms with E-state index in [4.69, 9.17) is 9.84 Å². The third-order valence-corrected chi connectivity index (χ3v) is 8.56. The zero-order valence-electron chi connectivity index (χ0n) is 21.4. The zero-order valence-corrected chi connectivity index (χ0v) is 22.3. The normalized spacial score (nSPS) is 13.6. The number of hydrogen-bond acceptors (Lipinski definition) is 5. The first-order valence-corrected chi connectivity index (χ1v) is 14.0. The molecule has 0 aliphatic carbocycles. The Bertz CT molecular complexity index is 1520. The Morgan fingerprint density at radius 2 is 1.63 bits per heavy atom. The van der Waals surface area contributed by atoms with Crippen molar-refractivity contribution in [2.75, 3.05) is 18.1 Å². The van der Waals surface area contributed by atoms with Gasteiger partial charge in [-0.3, -0.25) is 9.48 Å². The van der Waals surface area contributed by atoms with Gasteiger partial charge in [0.25, 0.3) is 5.91 Å². The zero-order chi connectivity index (χ0) is 26.7. The molecule has 4 aromatic rings. The predicted octanol–water partition coefficient (Wildman–Crippen LogP) is 4.41. The van der Waals surface area contributed by atoms with Gasteiger partial charge in [-0.15, -0.1) is 0 Å². The van der Waals surface area contributed by atoms with Gasteiger partial charge in [0, 0.05) is 49.1 Å². The number of anilines is 1. The molecule has 5 rings (SSSR count). The van der Waals surface area contributed by atoms with Crippen molar-refractivity contribution in [3.8, 4) is 5.75 Å². The van der Waals surface area contributed by atoms with Crippen molar-refractivity contribution in [2.45, 2.75) is 31.3 Å². The molecule has 8 nitrogen and oxygen atoms in total.